The first-order chi connectivity index (χ1) is 18.4. The van der Waals surface area contributed by atoms with Crippen LogP contribution >= 0.6 is 0 Å². The summed E-state index contributed by atoms with van der Waals surface area (Å²) in [6.45, 7) is 4.87. The number of imide groups is 1. The first kappa shape index (κ1) is 23.3. The summed E-state index contributed by atoms with van der Waals surface area (Å²) in [7, 11) is 0. The number of benzene rings is 1. The van der Waals surface area contributed by atoms with Crippen molar-refractivity contribution in [1.82, 2.24) is 30.3 Å². The van der Waals surface area contributed by atoms with Crippen molar-refractivity contribution in [3.8, 4) is 11.3 Å². The molecular formula is C27H29N7O4. The number of fused-ring (bicyclic) bond motifs is 2. The van der Waals surface area contributed by atoms with E-state index in [1.807, 2.05) is 12.1 Å². The Hall–Kier alpha value is -3.83. The summed E-state index contributed by atoms with van der Waals surface area (Å²) in [4.78, 5) is 45.9. The lowest BCUT2D eigenvalue weighted by Gasteiger charge is -2.47. The number of amides is 3. The van der Waals surface area contributed by atoms with E-state index in [1.54, 1.807) is 11.0 Å². The molecule has 196 valence electrons. The highest BCUT2D eigenvalue weighted by Crippen LogP contribution is 2.39. The summed E-state index contributed by atoms with van der Waals surface area (Å²) < 4.78 is 5.47. The summed E-state index contributed by atoms with van der Waals surface area (Å²) >= 11 is 0. The number of pyridine rings is 1. The number of nitrogen functional groups attached to an aromatic ring is 1. The predicted octanol–water partition coefficient (Wildman–Crippen LogP) is 1.58. The third-order valence-corrected chi connectivity index (χ3v) is 8.58. The van der Waals surface area contributed by atoms with E-state index in [-0.39, 0.29) is 18.2 Å². The van der Waals surface area contributed by atoms with E-state index in [9.17, 15) is 14.4 Å². The maximum absolute atomic E-state index is 13.1. The maximum atomic E-state index is 13.1. The maximum Gasteiger partial charge on any atom is 0.255 e. The molecule has 3 aromatic rings. The Morgan fingerprint density at radius 1 is 1.13 bits per heavy atom. The number of carbonyl (C=O) groups is 3. The lowest BCUT2D eigenvalue weighted by atomic mass is 9.77. The third-order valence-electron chi connectivity index (χ3n) is 8.58. The van der Waals surface area contributed by atoms with Crippen LogP contribution in [0.4, 0.5) is 5.82 Å². The zero-order valence-electron chi connectivity index (χ0n) is 21.0. The topological polar surface area (TPSA) is 147 Å². The Morgan fingerprint density at radius 2 is 1.95 bits per heavy atom. The number of aromatic amines is 1. The van der Waals surface area contributed by atoms with E-state index in [0.717, 1.165) is 73.6 Å². The number of rotatable bonds is 4. The molecule has 3 saturated heterocycles. The molecule has 7 rings (SSSR count). The SMILES string of the molecule is Nc1n[nH]c2c(CN3CCC4(CC3)COC4)cc(-c3ccc4c(c3)CN(C3CCC(=O)NC3=O)C4=O)nc12. The minimum atomic E-state index is -0.641. The number of hydrogen-bond donors (Lipinski definition) is 3. The number of likely N-dealkylation sites (tertiary alicyclic amines) is 1. The second-order valence-electron chi connectivity index (χ2n) is 11.0. The van der Waals surface area contributed by atoms with Crippen molar-refractivity contribution in [3.05, 3.63) is 41.0 Å². The molecule has 3 amide bonds. The average Bonchev–Trinajstić information content (AvgIpc) is 3.43. The number of ether oxygens (including phenoxy) is 1. The number of hydrogen-bond acceptors (Lipinski definition) is 8. The molecule has 1 unspecified atom stereocenters. The number of nitrogens with zero attached hydrogens (tertiary/aromatic N) is 4. The van der Waals surface area contributed by atoms with Crippen LogP contribution in [0, 0.1) is 5.41 Å². The van der Waals surface area contributed by atoms with Gasteiger partial charge in [0.05, 0.1) is 24.4 Å². The van der Waals surface area contributed by atoms with Crippen LogP contribution in [-0.2, 0) is 27.4 Å². The Kier molecular flexibility index (Phi) is 5.27. The van der Waals surface area contributed by atoms with Crippen molar-refractivity contribution in [2.24, 2.45) is 5.41 Å². The van der Waals surface area contributed by atoms with Crippen LogP contribution in [-0.4, -0.2) is 75.0 Å². The van der Waals surface area contributed by atoms with Gasteiger partial charge in [0, 0.05) is 36.1 Å². The highest BCUT2D eigenvalue weighted by Gasteiger charge is 2.41. The number of carbonyl (C=O) groups excluding carboxylic acids is 3. The van der Waals surface area contributed by atoms with Gasteiger partial charge in [0.15, 0.2) is 5.82 Å². The van der Waals surface area contributed by atoms with Crippen LogP contribution in [0.15, 0.2) is 24.3 Å². The Balaban J connectivity index is 1.17. The number of anilines is 1. The van der Waals surface area contributed by atoms with Gasteiger partial charge in [-0.3, -0.25) is 29.7 Å². The van der Waals surface area contributed by atoms with Gasteiger partial charge in [-0.25, -0.2) is 4.98 Å². The van der Waals surface area contributed by atoms with Crippen LogP contribution in [0.5, 0.6) is 0 Å². The highest BCUT2D eigenvalue weighted by atomic mass is 16.5. The lowest BCUT2D eigenvalue weighted by Crippen LogP contribution is -2.52. The second-order valence-corrected chi connectivity index (χ2v) is 11.0. The molecule has 0 bridgehead atoms. The minimum Gasteiger partial charge on any atom is -0.380 e. The van der Waals surface area contributed by atoms with E-state index in [1.165, 1.54) is 0 Å². The highest BCUT2D eigenvalue weighted by molar-refractivity contribution is 6.05. The first-order valence-electron chi connectivity index (χ1n) is 13.1. The molecule has 11 nitrogen and oxygen atoms in total. The molecule has 11 heteroatoms. The molecule has 4 N–H and O–H groups in total. The first-order valence-corrected chi connectivity index (χ1v) is 13.1. The van der Waals surface area contributed by atoms with Crippen molar-refractivity contribution >= 4 is 34.6 Å². The largest absolute Gasteiger partial charge is 0.380 e. The van der Waals surface area contributed by atoms with Crippen molar-refractivity contribution < 1.29 is 19.1 Å². The van der Waals surface area contributed by atoms with Gasteiger partial charge in [0.2, 0.25) is 11.8 Å². The summed E-state index contributed by atoms with van der Waals surface area (Å²) in [6.07, 6.45) is 2.85. The summed E-state index contributed by atoms with van der Waals surface area (Å²) in [5, 5.41) is 9.63. The molecule has 2 aromatic heterocycles. The monoisotopic (exact) mass is 515 g/mol. The van der Waals surface area contributed by atoms with Crippen molar-refractivity contribution in [3.63, 3.8) is 0 Å². The van der Waals surface area contributed by atoms with Crippen LogP contribution < -0.4 is 11.1 Å². The minimum absolute atomic E-state index is 0.191. The van der Waals surface area contributed by atoms with E-state index >= 15 is 0 Å². The molecule has 4 aliphatic rings. The molecule has 1 atom stereocenters. The fourth-order valence-corrected chi connectivity index (χ4v) is 6.19. The molecule has 0 radical (unpaired) electrons. The molecule has 1 spiro atoms. The third kappa shape index (κ3) is 3.76. The fourth-order valence-electron chi connectivity index (χ4n) is 6.19. The van der Waals surface area contributed by atoms with Crippen molar-refractivity contribution in [2.45, 2.75) is 44.8 Å². The molecule has 0 saturated carbocycles. The van der Waals surface area contributed by atoms with Gasteiger partial charge in [-0.15, -0.1) is 0 Å². The molecule has 1 aromatic carbocycles. The van der Waals surface area contributed by atoms with Gasteiger partial charge in [0.25, 0.3) is 5.91 Å². The predicted molar refractivity (Wildman–Crippen MR) is 138 cm³/mol. The molecule has 6 heterocycles. The van der Waals surface area contributed by atoms with Gasteiger partial charge >= 0.3 is 0 Å². The average molecular weight is 516 g/mol. The molecule has 3 fully saturated rings. The smallest absolute Gasteiger partial charge is 0.255 e. The van der Waals surface area contributed by atoms with E-state index in [0.29, 0.717) is 35.3 Å². The van der Waals surface area contributed by atoms with Crippen molar-refractivity contribution in [1.29, 1.82) is 0 Å². The number of piperidine rings is 2. The zero-order valence-corrected chi connectivity index (χ0v) is 21.0. The summed E-state index contributed by atoms with van der Waals surface area (Å²) in [6, 6.07) is 7.09. The van der Waals surface area contributed by atoms with Gasteiger partial charge in [0.1, 0.15) is 11.6 Å². The fraction of sp³-hybridized carbons (Fsp3) is 0.444. The molecule has 0 aliphatic carbocycles. The second kappa shape index (κ2) is 8.60. The zero-order chi connectivity index (χ0) is 26.0. The van der Waals surface area contributed by atoms with Crippen LogP contribution in [0.3, 0.4) is 0 Å². The van der Waals surface area contributed by atoms with E-state index in [4.69, 9.17) is 15.5 Å². The Labute approximate surface area is 218 Å². The Bertz CT molecular complexity index is 1480. The van der Waals surface area contributed by atoms with E-state index < -0.39 is 11.9 Å². The van der Waals surface area contributed by atoms with Crippen LogP contribution in [0.25, 0.3) is 22.3 Å². The molecule has 38 heavy (non-hydrogen) atoms. The molecular weight excluding hydrogens is 486 g/mol. The van der Waals surface area contributed by atoms with E-state index in [2.05, 4.69) is 26.5 Å². The standard InChI is InChI=1S/C27H29N7O4/c28-24-23-22(31-32-24)17(11-33-7-5-27(6-8-33)13-38-14-27)10-19(29-23)15-1-2-18-16(9-15)12-34(26(18)37)20-3-4-21(35)30-25(20)36/h1-2,9-10,20H,3-8,11-14H2,(H3,28,31,32)(H,30,35,36). The number of H-pyrrole nitrogens is 1. The number of nitrogens with one attached hydrogen (secondary N) is 2. The van der Waals surface area contributed by atoms with Gasteiger partial charge in [-0.1, -0.05) is 6.07 Å². The van der Waals surface area contributed by atoms with Crippen LogP contribution in [0.2, 0.25) is 0 Å². The quantitative estimate of drug-likeness (QED) is 0.444. The van der Waals surface area contributed by atoms with Gasteiger partial charge in [-0.05, 0) is 61.7 Å². The Morgan fingerprint density at radius 3 is 2.68 bits per heavy atom. The van der Waals surface area contributed by atoms with Gasteiger partial charge < -0.3 is 15.4 Å². The number of nitrogens with two attached hydrogens (primary N) is 1. The van der Waals surface area contributed by atoms with Gasteiger partial charge in [-0.2, -0.15) is 5.10 Å². The lowest BCUT2D eigenvalue weighted by molar-refractivity contribution is -0.140. The van der Waals surface area contributed by atoms with Crippen molar-refractivity contribution in [2.75, 3.05) is 32.0 Å². The molecule has 4 aliphatic heterocycles. The number of aromatic nitrogens is 3. The van der Waals surface area contributed by atoms with Crippen LogP contribution in [0.1, 0.15) is 47.2 Å². The normalized spacial score (nSPS) is 23.1. The summed E-state index contributed by atoms with van der Waals surface area (Å²) in [5.74, 6) is -0.547. The summed E-state index contributed by atoms with van der Waals surface area (Å²) in [5.41, 5.74) is 12.2.